The summed E-state index contributed by atoms with van der Waals surface area (Å²) in [5.74, 6) is -3.31. The zero-order valence-corrected chi connectivity index (χ0v) is 8.61. The quantitative estimate of drug-likeness (QED) is 0.554. The van der Waals surface area contributed by atoms with E-state index in [1.165, 1.54) is 0 Å². The molecule has 1 fully saturated rings. The smallest absolute Gasteiger partial charge is 0.307 e. The molecule has 0 unspecified atom stereocenters. The van der Waals surface area contributed by atoms with E-state index in [0.29, 0.717) is 0 Å². The van der Waals surface area contributed by atoms with Gasteiger partial charge < -0.3 is 16.2 Å². The van der Waals surface area contributed by atoms with Crippen LogP contribution in [-0.2, 0) is 14.4 Å². The van der Waals surface area contributed by atoms with Crippen LogP contribution in [0.25, 0.3) is 0 Å². The Morgan fingerprint density at radius 2 is 1.87 bits per heavy atom. The van der Waals surface area contributed by atoms with E-state index in [4.69, 9.17) is 10.8 Å². The highest BCUT2D eigenvalue weighted by Gasteiger charge is 2.65. The van der Waals surface area contributed by atoms with Gasteiger partial charge in [-0.15, -0.1) is 0 Å². The molecule has 6 nitrogen and oxygen atoms in total. The fraction of sp³-hybridized carbons (Fsp3) is 0.667. The van der Waals surface area contributed by atoms with Gasteiger partial charge in [0.05, 0.1) is 18.4 Å². The molecule has 0 saturated heterocycles. The first kappa shape index (κ1) is 11.5. The second-order valence-electron chi connectivity index (χ2n) is 4.30. The predicted molar refractivity (Wildman–Crippen MR) is 50.6 cm³/mol. The van der Waals surface area contributed by atoms with Crippen LogP contribution in [0.15, 0.2) is 0 Å². The summed E-state index contributed by atoms with van der Waals surface area (Å²) in [7, 11) is 0. The van der Waals surface area contributed by atoms with Crippen molar-refractivity contribution in [3.63, 3.8) is 0 Å². The van der Waals surface area contributed by atoms with E-state index in [2.05, 4.69) is 5.32 Å². The number of rotatable bonds is 4. The fourth-order valence-corrected chi connectivity index (χ4v) is 1.87. The van der Waals surface area contributed by atoms with Gasteiger partial charge in [-0.3, -0.25) is 14.4 Å². The van der Waals surface area contributed by atoms with Crippen molar-refractivity contribution in [2.75, 3.05) is 6.54 Å². The maximum absolute atomic E-state index is 11.5. The predicted octanol–water partition coefficient (Wildman–Crippen LogP) is -1.06. The molecule has 0 heterocycles. The fourth-order valence-electron chi connectivity index (χ4n) is 1.87. The number of aliphatic carboxylic acids is 1. The Kier molecular flexibility index (Phi) is 2.70. The zero-order chi connectivity index (χ0) is 11.8. The van der Waals surface area contributed by atoms with Crippen LogP contribution in [0.5, 0.6) is 0 Å². The van der Waals surface area contributed by atoms with Crippen LogP contribution >= 0.6 is 0 Å². The van der Waals surface area contributed by atoms with Crippen molar-refractivity contribution in [3.8, 4) is 0 Å². The number of hydrogen-bond donors (Lipinski definition) is 3. The van der Waals surface area contributed by atoms with Crippen LogP contribution in [0.3, 0.4) is 0 Å². The van der Waals surface area contributed by atoms with Gasteiger partial charge in [0.25, 0.3) is 0 Å². The molecular weight excluding hydrogens is 200 g/mol. The summed E-state index contributed by atoms with van der Waals surface area (Å²) >= 11 is 0. The third kappa shape index (κ3) is 2.08. The minimum Gasteiger partial charge on any atom is -0.481 e. The number of carbonyl (C=O) groups excluding carboxylic acids is 2. The number of nitrogens with two attached hydrogens (primary N) is 1. The highest BCUT2D eigenvalue weighted by molar-refractivity contribution is 5.93. The van der Waals surface area contributed by atoms with E-state index >= 15 is 0 Å². The summed E-state index contributed by atoms with van der Waals surface area (Å²) in [6, 6.07) is 0. The first-order valence-corrected chi connectivity index (χ1v) is 4.57. The van der Waals surface area contributed by atoms with Crippen molar-refractivity contribution >= 4 is 17.8 Å². The molecular formula is C9H14N2O4. The summed E-state index contributed by atoms with van der Waals surface area (Å²) in [4.78, 5) is 32.6. The van der Waals surface area contributed by atoms with Crippen molar-refractivity contribution in [2.45, 2.75) is 13.8 Å². The van der Waals surface area contributed by atoms with Crippen molar-refractivity contribution < 1.29 is 19.5 Å². The molecule has 0 bridgehead atoms. The zero-order valence-electron chi connectivity index (χ0n) is 8.61. The summed E-state index contributed by atoms with van der Waals surface area (Å²) in [6.45, 7) is 3.17. The molecule has 6 heteroatoms. The molecule has 1 saturated carbocycles. The lowest BCUT2D eigenvalue weighted by Gasteiger charge is -2.02. The van der Waals surface area contributed by atoms with Gasteiger partial charge in [0.1, 0.15) is 0 Å². The number of carboxylic acids is 1. The lowest BCUT2D eigenvalue weighted by atomic mass is 10.1. The Labute approximate surface area is 86.8 Å². The number of carbonyl (C=O) groups is 3. The molecule has 0 aromatic heterocycles. The van der Waals surface area contributed by atoms with Crippen molar-refractivity contribution in [2.24, 2.45) is 23.0 Å². The van der Waals surface area contributed by atoms with Crippen LogP contribution in [0.1, 0.15) is 13.8 Å². The molecule has 1 rings (SSSR count). The molecule has 4 N–H and O–H groups in total. The van der Waals surface area contributed by atoms with Crippen LogP contribution in [0.4, 0.5) is 0 Å². The second kappa shape index (κ2) is 3.52. The highest BCUT2D eigenvalue weighted by Crippen LogP contribution is 2.58. The van der Waals surface area contributed by atoms with Crippen molar-refractivity contribution in [3.05, 3.63) is 0 Å². The Hall–Kier alpha value is -1.59. The Morgan fingerprint density at radius 3 is 2.20 bits per heavy atom. The number of amides is 2. The van der Waals surface area contributed by atoms with Gasteiger partial charge in [-0.2, -0.15) is 0 Å². The second-order valence-corrected chi connectivity index (χ2v) is 4.30. The monoisotopic (exact) mass is 214 g/mol. The maximum Gasteiger partial charge on any atom is 0.307 e. The Bertz CT molecular complexity index is 324. The molecule has 0 aromatic carbocycles. The average Bonchev–Trinajstić information content (AvgIpc) is 2.65. The minimum absolute atomic E-state index is 0.252. The van der Waals surface area contributed by atoms with Gasteiger partial charge in [-0.05, 0) is 5.41 Å². The molecule has 0 spiro atoms. The maximum atomic E-state index is 11.5. The summed E-state index contributed by atoms with van der Waals surface area (Å²) < 4.78 is 0. The van der Waals surface area contributed by atoms with Crippen LogP contribution < -0.4 is 11.1 Å². The standard InChI is InChI=1S/C9H14N2O4/c1-9(2)5(6(9)8(14)15)7(13)11-3-4(10)12/h5-6H,3H2,1-2H3,(H2,10,12)(H,11,13)(H,14,15)/t5-,6+/m1/s1. The normalized spacial score (nSPS) is 26.8. The number of nitrogens with one attached hydrogen (secondary N) is 1. The third-order valence-corrected chi connectivity index (χ3v) is 2.81. The lowest BCUT2D eigenvalue weighted by molar-refractivity contribution is -0.140. The Morgan fingerprint density at radius 1 is 1.33 bits per heavy atom. The van der Waals surface area contributed by atoms with E-state index in [0.717, 1.165) is 0 Å². The lowest BCUT2D eigenvalue weighted by Crippen LogP contribution is -2.35. The first-order valence-electron chi connectivity index (χ1n) is 4.57. The van der Waals surface area contributed by atoms with E-state index in [1.54, 1.807) is 13.8 Å². The van der Waals surface area contributed by atoms with Gasteiger partial charge in [-0.1, -0.05) is 13.8 Å². The Balaban J connectivity index is 2.56. The summed E-state index contributed by atoms with van der Waals surface area (Å²) in [6.07, 6.45) is 0. The minimum atomic E-state index is -0.987. The van der Waals surface area contributed by atoms with E-state index in [-0.39, 0.29) is 6.54 Å². The molecule has 0 radical (unpaired) electrons. The van der Waals surface area contributed by atoms with Crippen LogP contribution in [0.2, 0.25) is 0 Å². The SMILES string of the molecule is CC1(C)[C@H](C(=O)O)[C@@H]1C(=O)NCC(N)=O. The first-order chi connectivity index (χ1) is 6.78. The van der Waals surface area contributed by atoms with Crippen LogP contribution in [-0.4, -0.2) is 29.4 Å². The van der Waals surface area contributed by atoms with E-state index in [1.807, 2.05) is 0 Å². The third-order valence-electron chi connectivity index (χ3n) is 2.81. The van der Waals surface area contributed by atoms with Gasteiger partial charge in [0, 0.05) is 0 Å². The topological polar surface area (TPSA) is 109 Å². The molecule has 15 heavy (non-hydrogen) atoms. The number of carboxylic acid groups (broad SMARTS) is 1. The average molecular weight is 214 g/mol. The molecule has 2 atom stereocenters. The number of primary amides is 1. The van der Waals surface area contributed by atoms with Crippen molar-refractivity contribution in [1.82, 2.24) is 5.32 Å². The van der Waals surface area contributed by atoms with Crippen LogP contribution in [0, 0.1) is 17.3 Å². The molecule has 84 valence electrons. The van der Waals surface area contributed by atoms with E-state index in [9.17, 15) is 14.4 Å². The molecule has 0 aromatic rings. The molecule has 2 amide bonds. The highest BCUT2D eigenvalue weighted by atomic mass is 16.4. The summed E-state index contributed by atoms with van der Waals surface area (Å²) in [5, 5.41) is 11.1. The summed E-state index contributed by atoms with van der Waals surface area (Å²) in [5.41, 5.74) is 4.31. The van der Waals surface area contributed by atoms with Gasteiger partial charge in [0.15, 0.2) is 0 Å². The molecule has 1 aliphatic carbocycles. The molecule has 1 aliphatic rings. The van der Waals surface area contributed by atoms with E-state index < -0.39 is 35.0 Å². The number of hydrogen-bond acceptors (Lipinski definition) is 3. The van der Waals surface area contributed by atoms with Gasteiger partial charge >= 0.3 is 5.97 Å². The molecule has 0 aliphatic heterocycles. The largest absolute Gasteiger partial charge is 0.481 e. The van der Waals surface area contributed by atoms with Crippen molar-refractivity contribution in [1.29, 1.82) is 0 Å². The van der Waals surface area contributed by atoms with Gasteiger partial charge in [-0.25, -0.2) is 0 Å². The van der Waals surface area contributed by atoms with Gasteiger partial charge in [0.2, 0.25) is 11.8 Å².